The van der Waals surface area contributed by atoms with Crippen LogP contribution in [0.3, 0.4) is 0 Å². The summed E-state index contributed by atoms with van der Waals surface area (Å²) in [6.07, 6.45) is 0. The zero-order chi connectivity index (χ0) is 41.8. The Labute approximate surface area is 357 Å². The molecule has 61 heavy (non-hydrogen) atoms. The number of benzene rings is 8. The van der Waals surface area contributed by atoms with Gasteiger partial charge >= 0.3 is 0 Å². The van der Waals surface area contributed by atoms with Crippen LogP contribution in [-0.2, 0) is 20.7 Å². The highest BCUT2D eigenvalue weighted by Crippen LogP contribution is 2.55. The van der Waals surface area contributed by atoms with Gasteiger partial charge in [-0.05, 0) is 94.0 Å². The second-order valence-electron chi connectivity index (χ2n) is 17.3. The third-order valence-corrected chi connectivity index (χ3v) is 15.1. The number of carbonyl (C=O) groups excluding carboxylic acids is 1. The fraction of sp³-hybridized carbons (Fsp3) is 0.109. The van der Waals surface area contributed by atoms with Crippen LogP contribution < -0.4 is 9.80 Å². The van der Waals surface area contributed by atoms with Gasteiger partial charge in [-0.25, -0.2) is 8.42 Å². The van der Waals surface area contributed by atoms with Crippen LogP contribution in [0.2, 0.25) is 0 Å². The summed E-state index contributed by atoms with van der Waals surface area (Å²) in [5, 5.41) is 0. The Kier molecular flexibility index (Phi) is 8.03. The molecule has 0 aromatic heterocycles. The molecule has 0 saturated heterocycles. The summed E-state index contributed by atoms with van der Waals surface area (Å²) in [7, 11) is -4.02. The Morgan fingerprint density at radius 3 is 1.00 bits per heavy atom. The first-order valence-electron chi connectivity index (χ1n) is 20.7. The monoisotopic (exact) mass is 810 g/mol. The lowest BCUT2D eigenvalue weighted by atomic mass is 9.73. The van der Waals surface area contributed by atoms with E-state index in [1.165, 1.54) is 22.3 Å². The molecule has 8 aromatic rings. The van der Waals surface area contributed by atoms with Gasteiger partial charge in [-0.2, -0.15) is 0 Å². The Bertz CT molecular complexity index is 2960. The maximum Gasteiger partial charge on any atom is 0.208 e. The number of para-hydroxylation sites is 6. The maximum atomic E-state index is 14.8. The molecule has 0 bridgehead atoms. The van der Waals surface area contributed by atoms with Crippen molar-refractivity contribution in [3.8, 4) is 22.3 Å². The summed E-state index contributed by atoms with van der Waals surface area (Å²) < 4.78 is 28.9. The fourth-order valence-corrected chi connectivity index (χ4v) is 11.8. The summed E-state index contributed by atoms with van der Waals surface area (Å²) in [5.74, 6) is -0.315. The van der Waals surface area contributed by atoms with Crippen molar-refractivity contribution in [2.24, 2.45) is 0 Å². The highest BCUT2D eigenvalue weighted by Gasteiger charge is 2.40. The lowest BCUT2D eigenvalue weighted by Crippen LogP contribution is -2.30. The largest absolute Gasteiger partial charge is 0.309 e. The van der Waals surface area contributed by atoms with Gasteiger partial charge in [0.2, 0.25) is 9.84 Å². The molecular formula is C55H42N2O3S. The van der Waals surface area contributed by atoms with Gasteiger partial charge in [0.1, 0.15) is 0 Å². The van der Waals surface area contributed by atoms with Crippen LogP contribution in [0.5, 0.6) is 0 Å². The maximum absolute atomic E-state index is 14.8. The summed E-state index contributed by atoms with van der Waals surface area (Å²) in [5.41, 5.74) is 14.2. The predicted molar refractivity (Wildman–Crippen MR) is 246 cm³/mol. The minimum Gasteiger partial charge on any atom is -0.309 e. The molecule has 3 aliphatic rings. The third kappa shape index (κ3) is 5.31. The molecule has 5 nitrogen and oxygen atoms in total. The SMILES string of the molecule is CC1(C)c2ccccc2N(c2ccccc2-c2ccc3c(c2)C(=O)c2cc(-c4ccccc4N4c5ccccc5C(C)(C)c5ccccc54)ccc2S3(=O)=O)c2ccccc21. The zero-order valence-corrected chi connectivity index (χ0v) is 35.2. The van der Waals surface area contributed by atoms with Crippen LogP contribution >= 0.6 is 0 Å². The van der Waals surface area contributed by atoms with Crippen LogP contribution in [0.4, 0.5) is 34.1 Å². The van der Waals surface area contributed by atoms with Gasteiger partial charge in [-0.3, -0.25) is 4.79 Å². The summed E-state index contributed by atoms with van der Waals surface area (Å²) in [6.45, 7) is 9.05. The summed E-state index contributed by atoms with van der Waals surface area (Å²) >= 11 is 0. The van der Waals surface area contributed by atoms with Crippen molar-refractivity contribution in [1.82, 2.24) is 0 Å². The standard InChI is InChI=1S/C55H42N2O3S/c1-54(2)41-19-7-13-25-47(41)56(48-26-14-8-20-42(48)54)45-23-11-5-17-37(45)35-29-31-51-39(33-35)53(58)40-34-36(30-32-52(40)61(51,59)60)38-18-6-12-24-46(38)57-49-27-15-9-21-43(49)55(3,4)44-22-10-16-28-50(44)57/h5-34H,1-4H3. The van der Waals surface area contributed by atoms with Gasteiger partial charge < -0.3 is 9.80 Å². The molecule has 0 radical (unpaired) electrons. The Hall–Kier alpha value is -7.02. The van der Waals surface area contributed by atoms with Gasteiger partial charge in [0.15, 0.2) is 5.78 Å². The van der Waals surface area contributed by atoms with Gasteiger partial charge in [0.25, 0.3) is 0 Å². The number of hydrogen-bond acceptors (Lipinski definition) is 5. The summed E-state index contributed by atoms with van der Waals surface area (Å²) in [4.78, 5) is 19.5. The second-order valence-corrected chi connectivity index (χ2v) is 19.2. The number of anilines is 6. The first kappa shape index (κ1) is 37.0. The molecule has 0 N–H and O–H groups in total. The predicted octanol–water partition coefficient (Wildman–Crippen LogP) is 13.6. The lowest BCUT2D eigenvalue weighted by molar-refractivity contribution is 0.103. The Morgan fingerprint density at radius 2 is 0.656 bits per heavy atom. The number of hydrogen-bond donors (Lipinski definition) is 0. The molecular weight excluding hydrogens is 769 g/mol. The first-order valence-corrected chi connectivity index (χ1v) is 22.2. The van der Waals surface area contributed by atoms with Crippen LogP contribution in [0.15, 0.2) is 192 Å². The molecule has 0 amide bonds. The van der Waals surface area contributed by atoms with Crippen LogP contribution in [0.1, 0.15) is 65.9 Å². The number of sulfone groups is 1. The van der Waals surface area contributed by atoms with E-state index < -0.39 is 9.84 Å². The average Bonchev–Trinajstić information content (AvgIpc) is 3.29. The highest BCUT2D eigenvalue weighted by molar-refractivity contribution is 7.91. The van der Waals surface area contributed by atoms with E-state index in [2.05, 4.69) is 147 Å². The van der Waals surface area contributed by atoms with Crippen LogP contribution in [-0.4, -0.2) is 14.2 Å². The molecule has 3 heterocycles. The van der Waals surface area contributed by atoms with Crippen LogP contribution in [0.25, 0.3) is 22.3 Å². The quantitative estimate of drug-likeness (QED) is 0.177. The topological polar surface area (TPSA) is 57.7 Å². The third-order valence-electron chi connectivity index (χ3n) is 13.2. The van der Waals surface area contributed by atoms with E-state index in [1.807, 2.05) is 48.5 Å². The van der Waals surface area contributed by atoms with Gasteiger partial charge in [-0.15, -0.1) is 0 Å². The van der Waals surface area contributed by atoms with Gasteiger partial charge in [0, 0.05) is 33.1 Å². The number of carbonyl (C=O) groups is 1. The second kappa shape index (κ2) is 13.2. The van der Waals surface area contributed by atoms with Crippen molar-refractivity contribution in [1.29, 1.82) is 0 Å². The van der Waals surface area contributed by atoms with E-state index in [9.17, 15) is 13.2 Å². The van der Waals surface area contributed by atoms with Crippen LogP contribution in [0, 0.1) is 0 Å². The highest BCUT2D eigenvalue weighted by atomic mass is 32.2. The molecule has 0 atom stereocenters. The smallest absolute Gasteiger partial charge is 0.208 e. The first-order chi connectivity index (χ1) is 29.5. The van der Waals surface area contributed by atoms with Crippen molar-refractivity contribution >= 4 is 49.7 Å². The number of nitrogens with zero attached hydrogens (tertiary/aromatic N) is 2. The minimum atomic E-state index is -4.02. The van der Waals surface area contributed by atoms with E-state index >= 15 is 0 Å². The molecule has 8 aromatic carbocycles. The molecule has 11 rings (SSSR count). The van der Waals surface area contributed by atoms with Crippen molar-refractivity contribution < 1.29 is 13.2 Å². The zero-order valence-electron chi connectivity index (χ0n) is 34.3. The van der Waals surface area contributed by atoms with E-state index in [1.54, 1.807) is 24.3 Å². The van der Waals surface area contributed by atoms with E-state index in [0.717, 1.165) is 56.4 Å². The molecule has 0 spiro atoms. The molecule has 0 saturated carbocycles. The van der Waals surface area contributed by atoms with Crippen molar-refractivity contribution in [2.45, 2.75) is 48.3 Å². The number of rotatable bonds is 4. The van der Waals surface area contributed by atoms with E-state index in [0.29, 0.717) is 0 Å². The van der Waals surface area contributed by atoms with E-state index in [-0.39, 0.29) is 37.5 Å². The van der Waals surface area contributed by atoms with Gasteiger partial charge in [0.05, 0.1) is 43.9 Å². The van der Waals surface area contributed by atoms with Crippen molar-refractivity contribution in [3.63, 3.8) is 0 Å². The average molecular weight is 811 g/mol. The molecule has 0 aliphatic carbocycles. The van der Waals surface area contributed by atoms with Crippen molar-refractivity contribution in [3.05, 3.63) is 215 Å². The lowest BCUT2D eigenvalue weighted by Gasteiger charge is -2.42. The molecule has 3 aliphatic heterocycles. The molecule has 296 valence electrons. The number of fused-ring (bicyclic) bond motifs is 6. The normalized spacial score (nSPS) is 16.0. The molecule has 0 unspecified atom stereocenters. The van der Waals surface area contributed by atoms with Gasteiger partial charge in [-0.1, -0.05) is 149 Å². The van der Waals surface area contributed by atoms with Crippen molar-refractivity contribution in [2.75, 3.05) is 9.80 Å². The summed E-state index contributed by atoms with van der Waals surface area (Å²) in [6, 6.07) is 60.7. The molecule has 6 heteroatoms. The van der Waals surface area contributed by atoms with E-state index in [4.69, 9.17) is 0 Å². The Morgan fingerprint density at radius 1 is 0.361 bits per heavy atom. The molecule has 0 fully saturated rings. The number of ketones is 1. The minimum absolute atomic E-state index is 0.0268. The fourth-order valence-electron chi connectivity index (χ4n) is 10.2. The Balaban J connectivity index is 1.03.